The second kappa shape index (κ2) is 15.8. The van der Waals surface area contributed by atoms with Crippen molar-refractivity contribution < 1.29 is 29.0 Å². The van der Waals surface area contributed by atoms with E-state index in [1.165, 1.54) is 7.05 Å². The van der Waals surface area contributed by atoms with Crippen molar-refractivity contribution in [3.63, 3.8) is 0 Å². The van der Waals surface area contributed by atoms with Gasteiger partial charge in [-0.25, -0.2) is 9.59 Å². The van der Waals surface area contributed by atoms with Gasteiger partial charge in [0.1, 0.15) is 12.6 Å². The van der Waals surface area contributed by atoms with Crippen molar-refractivity contribution in [3.8, 4) is 0 Å². The van der Waals surface area contributed by atoms with E-state index in [2.05, 4.69) is 10.6 Å². The summed E-state index contributed by atoms with van der Waals surface area (Å²) >= 11 is 9.37. The molecule has 13 heteroatoms. The monoisotopic (exact) mass is 750 g/mol. The highest BCUT2D eigenvalue weighted by Crippen LogP contribution is 2.32. The van der Waals surface area contributed by atoms with Gasteiger partial charge in [0.2, 0.25) is 13.4 Å². The number of carbonyl (C=O) groups excluding carboxylic acids is 3. The quantitative estimate of drug-likeness (QED) is 0.0982. The Bertz CT molecular complexity index is 920. The number of likely N-dealkylation sites (N-methyl/N-ethyl adjacent to an activating group) is 1. The topological polar surface area (TPSA) is 151 Å². The highest BCUT2D eigenvalue weighted by molar-refractivity contribution is 14.2. The Kier molecular flexibility index (Phi) is 14.3. The minimum Gasteiger partial charge on any atom is -0.478 e. The normalized spacial score (nSPS) is 13.8. The van der Waals surface area contributed by atoms with Crippen LogP contribution in [-0.2, 0) is 25.7 Å². The van der Waals surface area contributed by atoms with Crippen molar-refractivity contribution >= 4 is 80.7 Å². The molecule has 0 aromatic heterocycles. The van der Waals surface area contributed by atoms with E-state index in [1.807, 2.05) is 13.8 Å². The van der Waals surface area contributed by atoms with Crippen LogP contribution in [0, 0.1) is 5.92 Å². The molecule has 0 heterocycles. The number of halogens is 3. The molecule has 0 aliphatic carbocycles. The molecule has 0 spiro atoms. The fourth-order valence-corrected chi connectivity index (χ4v) is 3.69. The Hall–Kier alpha value is -1.39. The summed E-state index contributed by atoms with van der Waals surface area (Å²) in [7, 11) is 1.37. The fraction of sp³-hybridized carbons (Fsp3) is 0.565. The lowest BCUT2D eigenvalue weighted by molar-refractivity contribution is -0.146. The summed E-state index contributed by atoms with van der Waals surface area (Å²) in [4.78, 5) is 50.4. The fourth-order valence-electron chi connectivity index (χ4n) is 3.03. The lowest BCUT2D eigenvalue weighted by Gasteiger charge is -2.32. The molecule has 0 aliphatic rings. The molecule has 1 rings (SSSR count). The van der Waals surface area contributed by atoms with Gasteiger partial charge in [-0.3, -0.25) is 9.59 Å². The van der Waals surface area contributed by atoms with Crippen LogP contribution in [0.1, 0.15) is 45.1 Å². The molecule has 0 bridgehead atoms. The smallest absolute Gasteiger partial charge is 0.407 e. The van der Waals surface area contributed by atoms with Gasteiger partial charge < -0.3 is 31.1 Å². The van der Waals surface area contributed by atoms with Gasteiger partial charge in [-0.2, -0.15) is 0 Å². The van der Waals surface area contributed by atoms with Crippen LogP contribution in [0.3, 0.4) is 0 Å². The first-order valence-electron chi connectivity index (χ1n) is 11.4. The van der Waals surface area contributed by atoms with Gasteiger partial charge in [0.25, 0.3) is 0 Å². The number of amides is 3. The first kappa shape index (κ1) is 32.6. The third-order valence-corrected chi connectivity index (χ3v) is 8.43. The van der Waals surface area contributed by atoms with E-state index in [9.17, 15) is 24.3 Å². The zero-order valence-electron chi connectivity index (χ0n) is 20.4. The second-order valence-electron chi connectivity index (χ2n) is 8.31. The van der Waals surface area contributed by atoms with Gasteiger partial charge in [-0.1, -0.05) is 50.1 Å². The lowest BCUT2D eigenvalue weighted by Crippen LogP contribution is -2.57. The number of hydrogen-bond donors (Lipinski definition) is 4. The maximum atomic E-state index is 13.1. The second-order valence-corrected chi connectivity index (χ2v) is 13.9. The molecule has 5 N–H and O–H groups in total. The summed E-state index contributed by atoms with van der Waals surface area (Å²) in [5.41, 5.74) is 6.70. The molecule has 0 saturated heterocycles. The maximum absolute atomic E-state index is 13.1. The minimum absolute atomic E-state index is 0.0365. The zero-order valence-corrected chi connectivity index (χ0v) is 25.5. The average Bonchev–Trinajstić information content (AvgIpc) is 2.85. The summed E-state index contributed by atoms with van der Waals surface area (Å²) in [6.07, 6.45) is 1.30. The van der Waals surface area contributed by atoms with E-state index in [4.69, 9.17) is 22.1 Å². The molecule has 3 amide bonds. The molecule has 0 unspecified atom stereocenters. The Morgan fingerprint density at radius 1 is 1.22 bits per heavy atom. The van der Waals surface area contributed by atoms with Crippen LogP contribution in [0.4, 0.5) is 4.79 Å². The molecular formula is C23H33ClI2N4O6. The summed E-state index contributed by atoms with van der Waals surface area (Å²) in [5.74, 6) is -2.30. The van der Waals surface area contributed by atoms with Gasteiger partial charge in [-0.15, -0.1) is 0 Å². The van der Waals surface area contributed by atoms with Crippen LogP contribution in [0.15, 0.2) is 24.3 Å². The highest BCUT2D eigenvalue weighted by Gasteiger charge is 2.42. The van der Waals surface area contributed by atoms with E-state index in [-0.39, 0.29) is 25.5 Å². The number of alkyl halides is 2. The number of carbonyl (C=O) groups is 4. The van der Waals surface area contributed by atoms with Crippen molar-refractivity contribution in [3.05, 3.63) is 34.9 Å². The van der Waals surface area contributed by atoms with Crippen LogP contribution < -0.4 is 16.4 Å². The molecule has 1 aromatic carbocycles. The van der Waals surface area contributed by atoms with Crippen LogP contribution in [0.25, 0.3) is 0 Å². The number of ether oxygens (including phenoxy) is 1. The highest BCUT2D eigenvalue weighted by atomic mass is 127. The number of hydrogen-bond acceptors (Lipinski definition) is 6. The van der Waals surface area contributed by atoms with Crippen LogP contribution in [-0.4, -0.2) is 61.1 Å². The van der Waals surface area contributed by atoms with Crippen LogP contribution >= 0.6 is 56.8 Å². The Balaban J connectivity index is 2.67. The van der Waals surface area contributed by atoms with Crippen molar-refractivity contribution in [2.24, 2.45) is 11.7 Å². The molecule has 0 aliphatic heterocycles. The van der Waals surface area contributed by atoms with E-state index in [0.29, 0.717) is 29.8 Å². The Labute approximate surface area is 243 Å². The maximum Gasteiger partial charge on any atom is 0.407 e. The van der Waals surface area contributed by atoms with Crippen molar-refractivity contribution in [1.82, 2.24) is 15.5 Å². The SMILES string of the molecule is CC[C@@H](C)[C@H](N)C(=O)N[C@@H](CCCCNC(=O)OCc1ccccc1Cl)C(=O)N(C)C(I)(I)C(=O)O. The largest absolute Gasteiger partial charge is 0.478 e. The summed E-state index contributed by atoms with van der Waals surface area (Å²) in [6.45, 7) is 4.08. The van der Waals surface area contributed by atoms with Crippen LogP contribution in [0.5, 0.6) is 0 Å². The van der Waals surface area contributed by atoms with E-state index >= 15 is 0 Å². The number of carboxylic acids is 1. The number of nitrogens with one attached hydrogen (secondary N) is 2. The molecule has 0 fully saturated rings. The first-order valence-corrected chi connectivity index (χ1v) is 13.9. The molecule has 3 atom stereocenters. The van der Waals surface area contributed by atoms with E-state index in [1.54, 1.807) is 69.4 Å². The first-order chi connectivity index (χ1) is 16.8. The van der Waals surface area contributed by atoms with Gasteiger partial charge in [0.05, 0.1) is 6.04 Å². The van der Waals surface area contributed by atoms with Gasteiger partial charge >= 0.3 is 12.1 Å². The molecule has 36 heavy (non-hydrogen) atoms. The molecule has 0 radical (unpaired) electrons. The average molecular weight is 751 g/mol. The van der Waals surface area contributed by atoms with E-state index < -0.39 is 37.5 Å². The zero-order chi connectivity index (χ0) is 27.5. The van der Waals surface area contributed by atoms with Crippen LogP contribution in [0.2, 0.25) is 5.02 Å². The number of nitrogens with zero attached hydrogens (tertiary/aromatic N) is 1. The lowest BCUT2D eigenvalue weighted by atomic mass is 9.98. The summed E-state index contributed by atoms with van der Waals surface area (Å²) in [5, 5.41) is 15.3. The molecular weight excluding hydrogens is 718 g/mol. The third kappa shape index (κ3) is 10.2. The van der Waals surface area contributed by atoms with Crippen molar-refractivity contribution in [2.75, 3.05) is 13.6 Å². The molecule has 0 saturated carbocycles. The van der Waals surface area contributed by atoms with Gasteiger partial charge in [0.15, 0.2) is 0 Å². The summed E-state index contributed by atoms with van der Waals surface area (Å²) in [6, 6.07) is 5.28. The molecule has 202 valence electrons. The van der Waals surface area contributed by atoms with Gasteiger partial charge in [0, 0.05) is 24.2 Å². The molecule has 10 nitrogen and oxygen atoms in total. The number of benzene rings is 1. The van der Waals surface area contributed by atoms with Crippen molar-refractivity contribution in [2.45, 2.75) is 59.8 Å². The van der Waals surface area contributed by atoms with Crippen molar-refractivity contribution in [1.29, 1.82) is 0 Å². The number of unbranched alkanes of at least 4 members (excludes halogenated alkanes) is 1. The number of nitrogens with two attached hydrogens (primary N) is 1. The van der Waals surface area contributed by atoms with E-state index in [0.717, 1.165) is 4.90 Å². The predicted molar refractivity (Wildman–Crippen MR) is 154 cm³/mol. The standard InChI is InChI=1S/C23H33ClI2N4O6/c1-4-14(2)18(27)19(31)29-17(20(32)30(3)23(25,26)21(33)34)11-7-8-12-28-22(35)36-13-15-9-5-6-10-16(15)24/h5-6,9-10,14,17-18H,4,7-8,11-13,27H2,1-3H3,(H,28,35)(H,29,31)(H,33,34)/t14-,17+,18+/m1/s1. The molecule has 1 aromatic rings. The number of aliphatic carboxylic acids is 1. The Morgan fingerprint density at radius 2 is 1.86 bits per heavy atom. The minimum atomic E-state index is -1.53. The number of alkyl carbamates (subject to hydrolysis) is 1. The number of carboxylic acid groups (broad SMARTS) is 1. The van der Waals surface area contributed by atoms with Gasteiger partial charge in [-0.05, 0) is 76.4 Å². The predicted octanol–water partition coefficient (Wildman–Crippen LogP) is 3.66. The Morgan fingerprint density at radius 3 is 2.44 bits per heavy atom. The number of rotatable bonds is 14. The third-order valence-electron chi connectivity index (χ3n) is 5.69. The summed E-state index contributed by atoms with van der Waals surface area (Å²) < 4.78 is 3.63.